The van der Waals surface area contributed by atoms with E-state index in [4.69, 9.17) is 10.5 Å². The van der Waals surface area contributed by atoms with Gasteiger partial charge in [0.25, 0.3) is 0 Å². The average Bonchev–Trinajstić information content (AvgIpc) is 2.69. The summed E-state index contributed by atoms with van der Waals surface area (Å²) < 4.78 is 0. The summed E-state index contributed by atoms with van der Waals surface area (Å²) >= 11 is 0. The first-order valence-corrected chi connectivity index (χ1v) is 7.84. The molecule has 3 nitrogen and oxygen atoms in total. The maximum Gasteiger partial charge on any atom is 0.101 e. The number of anilines is 3. The first kappa shape index (κ1) is 16.1. The summed E-state index contributed by atoms with van der Waals surface area (Å²) in [5.41, 5.74) is 4.17. The van der Waals surface area contributed by atoms with Gasteiger partial charge in [-0.05, 0) is 42.0 Å². The van der Waals surface area contributed by atoms with E-state index in [-0.39, 0.29) is 0 Å². The molecule has 0 spiro atoms. The Morgan fingerprint density at radius 1 is 0.680 bits per heavy atom. The molecule has 0 fully saturated rings. The molecule has 25 heavy (non-hydrogen) atoms. The van der Waals surface area contributed by atoms with E-state index in [1.54, 1.807) is 0 Å². The van der Waals surface area contributed by atoms with Crippen LogP contribution in [0.5, 0.6) is 0 Å². The van der Waals surface area contributed by atoms with E-state index >= 15 is 0 Å². The topological polar surface area (TPSA) is 50.8 Å². The van der Waals surface area contributed by atoms with Crippen molar-refractivity contribution in [1.82, 2.24) is 0 Å². The molecule has 0 N–H and O–H groups in total. The monoisotopic (exact) mass is 321 g/mol. The first-order valence-electron chi connectivity index (χ1n) is 7.84. The van der Waals surface area contributed by atoms with E-state index in [1.807, 2.05) is 66.7 Å². The van der Waals surface area contributed by atoms with E-state index in [0.717, 1.165) is 22.6 Å². The minimum atomic E-state index is 0.361. The lowest BCUT2D eigenvalue weighted by Gasteiger charge is -2.25. The van der Waals surface area contributed by atoms with E-state index in [1.165, 1.54) is 6.08 Å². The van der Waals surface area contributed by atoms with Crippen molar-refractivity contribution in [3.8, 4) is 12.1 Å². The molecule has 0 radical (unpaired) electrons. The molecular weight excluding hydrogens is 306 g/mol. The van der Waals surface area contributed by atoms with Crippen LogP contribution in [0.2, 0.25) is 0 Å². The van der Waals surface area contributed by atoms with Gasteiger partial charge in [0.05, 0.1) is 11.6 Å². The highest BCUT2D eigenvalue weighted by Gasteiger charge is 2.12. The Bertz CT molecular complexity index is 905. The van der Waals surface area contributed by atoms with Crippen molar-refractivity contribution in [2.45, 2.75) is 0 Å². The zero-order valence-corrected chi connectivity index (χ0v) is 13.5. The van der Waals surface area contributed by atoms with Gasteiger partial charge in [0.2, 0.25) is 0 Å². The van der Waals surface area contributed by atoms with Gasteiger partial charge >= 0.3 is 0 Å². The van der Waals surface area contributed by atoms with Crippen molar-refractivity contribution >= 4 is 22.6 Å². The zero-order chi connectivity index (χ0) is 17.5. The van der Waals surface area contributed by atoms with Gasteiger partial charge in [-0.2, -0.15) is 10.5 Å². The van der Waals surface area contributed by atoms with Gasteiger partial charge in [0, 0.05) is 23.1 Å². The second-order valence-electron chi connectivity index (χ2n) is 5.35. The van der Waals surface area contributed by atoms with Crippen molar-refractivity contribution in [1.29, 1.82) is 10.5 Å². The van der Waals surface area contributed by atoms with Gasteiger partial charge < -0.3 is 4.90 Å². The van der Waals surface area contributed by atoms with Crippen molar-refractivity contribution in [2.24, 2.45) is 0 Å². The fraction of sp³-hybridized carbons (Fsp3) is 0. The summed E-state index contributed by atoms with van der Waals surface area (Å²) in [6, 6.07) is 31.8. The average molecular weight is 321 g/mol. The Balaban J connectivity index is 2.05. The standard InChI is InChI=1S/C22H15N3/c23-16-15-19(17-24)18-11-13-22(14-12-18)25(20-7-3-1-4-8-20)21-9-5-2-6-10-21/h1-15H/b19-15+. The molecule has 0 aliphatic carbocycles. The van der Waals surface area contributed by atoms with Gasteiger partial charge in [-0.3, -0.25) is 0 Å². The Morgan fingerprint density at radius 2 is 1.16 bits per heavy atom. The number of nitriles is 2. The third-order valence-corrected chi connectivity index (χ3v) is 3.79. The molecule has 0 atom stereocenters. The van der Waals surface area contributed by atoms with Crippen LogP contribution in [0.15, 0.2) is 91.0 Å². The fourth-order valence-corrected chi connectivity index (χ4v) is 2.64. The number of nitrogens with zero attached hydrogens (tertiary/aromatic N) is 3. The normalized spacial score (nSPS) is 10.6. The van der Waals surface area contributed by atoms with Gasteiger partial charge in [-0.25, -0.2) is 0 Å². The third kappa shape index (κ3) is 3.58. The molecule has 0 bridgehead atoms. The van der Waals surface area contributed by atoms with E-state index in [0.29, 0.717) is 5.57 Å². The van der Waals surface area contributed by atoms with Gasteiger partial charge in [0.15, 0.2) is 0 Å². The molecule has 3 aromatic carbocycles. The first-order chi connectivity index (χ1) is 12.3. The Labute approximate surface area is 147 Å². The Kier molecular flexibility index (Phi) is 4.90. The highest BCUT2D eigenvalue weighted by molar-refractivity contribution is 5.81. The van der Waals surface area contributed by atoms with Crippen LogP contribution < -0.4 is 4.90 Å². The van der Waals surface area contributed by atoms with Crippen LogP contribution >= 0.6 is 0 Å². The van der Waals surface area contributed by atoms with Gasteiger partial charge in [-0.15, -0.1) is 0 Å². The van der Waals surface area contributed by atoms with Crippen molar-refractivity contribution in [2.75, 3.05) is 4.90 Å². The number of allylic oxidation sites excluding steroid dienone is 2. The Hall–Kier alpha value is -3.82. The molecule has 3 aromatic rings. The lowest BCUT2D eigenvalue weighted by atomic mass is 10.1. The smallest absolute Gasteiger partial charge is 0.101 e. The summed E-state index contributed by atoms with van der Waals surface area (Å²) in [5.74, 6) is 0. The van der Waals surface area contributed by atoms with Crippen molar-refractivity contribution < 1.29 is 0 Å². The number of rotatable bonds is 4. The second kappa shape index (κ2) is 7.64. The maximum absolute atomic E-state index is 9.17. The fourth-order valence-electron chi connectivity index (χ4n) is 2.64. The number of hydrogen-bond donors (Lipinski definition) is 0. The molecule has 3 heteroatoms. The molecule has 118 valence electrons. The van der Waals surface area contributed by atoms with E-state index < -0.39 is 0 Å². The molecule has 0 saturated heterocycles. The quantitative estimate of drug-likeness (QED) is 0.589. The SMILES string of the molecule is N#C/C=C(\C#N)c1ccc(N(c2ccccc2)c2ccccc2)cc1. The Morgan fingerprint density at radius 3 is 1.60 bits per heavy atom. The molecule has 0 unspecified atom stereocenters. The van der Waals surface area contributed by atoms with Crippen LogP contribution in [0.4, 0.5) is 17.1 Å². The third-order valence-electron chi connectivity index (χ3n) is 3.79. The molecule has 0 aromatic heterocycles. The largest absolute Gasteiger partial charge is 0.311 e. The summed E-state index contributed by atoms with van der Waals surface area (Å²) in [5, 5.41) is 17.9. The predicted octanol–water partition coefficient (Wildman–Crippen LogP) is 5.59. The van der Waals surface area contributed by atoms with Gasteiger partial charge in [-0.1, -0.05) is 48.5 Å². The molecular formula is C22H15N3. The molecule has 0 heterocycles. The summed E-state index contributed by atoms with van der Waals surface area (Å²) in [4.78, 5) is 2.14. The zero-order valence-electron chi connectivity index (χ0n) is 13.5. The second-order valence-corrected chi connectivity index (χ2v) is 5.35. The van der Waals surface area contributed by atoms with Crippen LogP contribution in [0.3, 0.4) is 0 Å². The van der Waals surface area contributed by atoms with Gasteiger partial charge in [0.1, 0.15) is 6.07 Å². The molecule has 0 saturated carbocycles. The minimum absolute atomic E-state index is 0.361. The molecule has 0 aliphatic heterocycles. The number of benzene rings is 3. The highest BCUT2D eigenvalue weighted by Crippen LogP contribution is 2.34. The van der Waals surface area contributed by atoms with Crippen molar-refractivity contribution in [3.63, 3.8) is 0 Å². The number of para-hydroxylation sites is 2. The number of hydrogen-bond acceptors (Lipinski definition) is 3. The maximum atomic E-state index is 9.17. The van der Waals surface area contributed by atoms with Crippen molar-refractivity contribution in [3.05, 3.63) is 96.6 Å². The van der Waals surface area contributed by atoms with E-state index in [9.17, 15) is 0 Å². The predicted molar refractivity (Wildman–Crippen MR) is 100 cm³/mol. The van der Waals surface area contributed by atoms with E-state index in [2.05, 4.69) is 35.2 Å². The van der Waals surface area contributed by atoms with Crippen LogP contribution in [0.25, 0.3) is 5.57 Å². The van der Waals surface area contributed by atoms with Crippen LogP contribution in [-0.2, 0) is 0 Å². The molecule has 0 amide bonds. The summed E-state index contributed by atoms with van der Waals surface area (Å²) in [7, 11) is 0. The lowest BCUT2D eigenvalue weighted by molar-refractivity contribution is 1.28. The minimum Gasteiger partial charge on any atom is -0.311 e. The van der Waals surface area contributed by atoms with Crippen LogP contribution in [-0.4, -0.2) is 0 Å². The summed E-state index contributed by atoms with van der Waals surface area (Å²) in [6.07, 6.45) is 1.27. The van der Waals surface area contributed by atoms with Crippen LogP contribution in [0.1, 0.15) is 5.56 Å². The lowest BCUT2D eigenvalue weighted by Crippen LogP contribution is -2.09. The highest BCUT2D eigenvalue weighted by atomic mass is 15.1. The van der Waals surface area contributed by atoms with Crippen LogP contribution in [0, 0.1) is 22.7 Å². The molecule has 3 rings (SSSR count). The molecule has 0 aliphatic rings. The summed E-state index contributed by atoms with van der Waals surface area (Å²) in [6.45, 7) is 0.